The van der Waals surface area contributed by atoms with Crippen LogP contribution in [0, 0.1) is 5.82 Å². The summed E-state index contributed by atoms with van der Waals surface area (Å²) >= 11 is 0. The number of benzene rings is 1. The molecule has 1 aromatic rings. The molecule has 1 fully saturated rings. The Morgan fingerprint density at radius 1 is 1.16 bits per heavy atom. The third kappa shape index (κ3) is 4.29. The van der Waals surface area contributed by atoms with Crippen LogP contribution in [0.5, 0.6) is 0 Å². The summed E-state index contributed by atoms with van der Waals surface area (Å²) in [5.74, 6) is -0.165. The highest BCUT2D eigenvalue weighted by atomic mass is 19.1. The van der Waals surface area contributed by atoms with Crippen molar-refractivity contribution >= 4 is 0 Å². The van der Waals surface area contributed by atoms with Crippen LogP contribution in [0.25, 0.3) is 0 Å². The van der Waals surface area contributed by atoms with Crippen LogP contribution in [-0.2, 0) is 6.54 Å². The number of likely N-dealkylation sites (tertiary alicyclic amines) is 1. The zero-order valence-corrected chi connectivity index (χ0v) is 12.2. The Hall–Kier alpha value is -0.930. The lowest BCUT2D eigenvalue weighted by molar-refractivity contribution is 0.0960. The van der Waals surface area contributed by atoms with Gasteiger partial charge in [-0.15, -0.1) is 0 Å². The lowest BCUT2D eigenvalue weighted by Gasteiger charge is -2.41. The van der Waals surface area contributed by atoms with Crippen LogP contribution >= 0.6 is 0 Å². The van der Waals surface area contributed by atoms with Crippen molar-refractivity contribution in [1.29, 1.82) is 0 Å². The van der Waals surface area contributed by atoms with E-state index in [1.165, 1.54) is 25.0 Å². The van der Waals surface area contributed by atoms with E-state index in [4.69, 9.17) is 0 Å². The molecule has 0 aliphatic carbocycles. The molecule has 1 N–H and O–H groups in total. The predicted octanol–water partition coefficient (Wildman–Crippen LogP) is 3.18. The smallest absolute Gasteiger partial charge is 0.123 e. The molecule has 0 atom stereocenters. The molecule has 1 heterocycles. The van der Waals surface area contributed by atoms with Crippen LogP contribution in [0.4, 0.5) is 4.39 Å². The van der Waals surface area contributed by atoms with Gasteiger partial charge in [0, 0.05) is 31.2 Å². The number of nitrogens with one attached hydrogen (secondary N) is 1. The molecule has 1 aromatic carbocycles. The number of rotatable bonds is 3. The molecular weight excluding hydrogens is 239 g/mol. The van der Waals surface area contributed by atoms with Crippen LogP contribution in [0.1, 0.15) is 39.2 Å². The average molecular weight is 264 g/mol. The molecule has 0 spiro atoms. The first-order chi connectivity index (χ1) is 8.95. The summed E-state index contributed by atoms with van der Waals surface area (Å²) in [6.07, 6.45) is 2.39. The Balaban J connectivity index is 1.75. The van der Waals surface area contributed by atoms with Gasteiger partial charge < -0.3 is 5.32 Å². The first-order valence-corrected chi connectivity index (χ1v) is 7.18. The Kier molecular flexibility index (Phi) is 4.58. The zero-order valence-electron chi connectivity index (χ0n) is 12.2. The van der Waals surface area contributed by atoms with Crippen LogP contribution < -0.4 is 5.32 Å². The minimum absolute atomic E-state index is 0.165. The molecule has 0 bridgehead atoms. The Labute approximate surface area is 116 Å². The van der Waals surface area contributed by atoms with Gasteiger partial charge in [0.2, 0.25) is 0 Å². The molecular formula is C16H25FN2. The van der Waals surface area contributed by atoms with Crippen molar-refractivity contribution in [2.75, 3.05) is 13.1 Å². The maximum absolute atomic E-state index is 12.8. The molecule has 19 heavy (non-hydrogen) atoms. The Morgan fingerprint density at radius 2 is 1.74 bits per heavy atom. The minimum atomic E-state index is -0.165. The van der Waals surface area contributed by atoms with E-state index in [1.54, 1.807) is 0 Å². The first-order valence-electron chi connectivity index (χ1n) is 7.18. The van der Waals surface area contributed by atoms with Gasteiger partial charge in [-0.1, -0.05) is 12.1 Å². The van der Waals surface area contributed by atoms with Crippen LogP contribution in [0.2, 0.25) is 0 Å². The number of piperidine rings is 1. The second-order valence-corrected chi connectivity index (χ2v) is 6.44. The molecule has 3 heteroatoms. The van der Waals surface area contributed by atoms with Crippen LogP contribution in [-0.4, -0.2) is 29.6 Å². The average Bonchev–Trinajstić information content (AvgIpc) is 2.37. The number of hydrogen-bond acceptors (Lipinski definition) is 2. The second kappa shape index (κ2) is 6.02. The SMILES string of the molecule is CC(C)(C)N1CCC(NCc2ccc(F)cc2)CC1. The predicted molar refractivity (Wildman–Crippen MR) is 77.6 cm³/mol. The summed E-state index contributed by atoms with van der Waals surface area (Å²) in [6.45, 7) is 9.98. The van der Waals surface area contributed by atoms with E-state index in [2.05, 4.69) is 31.0 Å². The van der Waals surface area contributed by atoms with E-state index in [-0.39, 0.29) is 11.4 Å². The molecule has 0 amide bonds. The number of hydrogen-bond donors (Lipinski definition) is 1. The van der Waals surface area contributed by atoms with Crippen molar-refractivity contribution in [2.45, 2.75) is 51.7 Å². The zero-order chi connectivity index (χ0) is 13.9. The van der Waals surface area contributed by atoms with E-state index < -0.39 is 0 Å². The fraction of sp³-hybridized carbons (Fsp3) is 0.625. The number of halogens is 1. The second-order valence-electron chi connectivity index (χ2n) is 6.44. The summed E-state index contributed by atoms with van der Waals surface area (Å²) in [5.41, 5.74) is 1.43. The molecule has 1 saturated heterocycles. The van der Waals surface area contributed by atoms with Gasteiger partial charge >= 0.3 is 0 Å². The van der Waals surface area contributed by atoms with Gasteiger partial charge in [-0.2, -0.15) is 0 Å². The normalized spacial score (nSPS) is 18.7. The topological polar surface area (TPSA) is 15.3 Å². The van der Waals surface area contributed by atoms with Crippen LogP contribution in [0.3, 0.4) is 0 Å². The summed E-state index contributed by atoms with van der Waals surface area (Å²) in [6, 6.07) is 7.35. The summed E-state index contributed by atoms with van der Waals surface area (Å²) < 4.78 is 12.8. The highest BCUT2D eigenvalue weighted by molar-refractivity contribution is 5.15. The third-order valence-corrected chi connectivity index (χ3v) is 3.95. The fourth-order valence-corrected chi connectivity index (χ4v) is 2.62. The first kappa shape index (κ1) is 14.5. The van der Waals surface area contributed by atoms with Gasteiger partial charge in [-0.25, -0.2) is 4.39 Å². The van der Waals surface area contributed by atoms with Gasteiger partial charge in [-0.05, 0) is 51.3 Å². The molecule has 0 unspecified atom stereocenters. The van der Waals surface area contributed by atoms with Gasteiger partial charge in [0.1, 0.15) is 5.82 Å². The van der Waals surface area contributed by atoms with Gasteiger partial charge in [0.15, 0.2) is 0 Å². The van der Waals surface area contributed by atoms with Crippen molar-refractivity contribution in [3.63, 3.8) is 0 Å². The van der Waals surface area contributed by atoms with Crippen molar-refractivity contribution in [2.24, 2.45) is 0 Å². The van der Waals surface area contributed by atoms with Crippen molar-refractivity contribution in [1.82, 2.24) is 10.2 Å². The quantitative estimate of drug-likeness (QED) is 0.902. The highest BCUT2D eigenvalue weighted by Gasteiger charge is 2.26. The van der Waals surface area contributed by atoms with Crippen LogP contribution in [0.15, 0.2) is 24.3 Å². The summed E-state index contributed by atoms with van der Waals surface area (Å²) in [7, 11) is 0. The van der Waals surface area contributed by atoms with E-state index in [1.807, 2.05) is 12.1 Å². The van der Waals surface area contributed by atoms with E-state index in [9.17, 15) is 4.39 Å². The lowest BCUT2D eigenvalue weighted by atomic mass is 9.98. The van der Waals surface area contributed by atoms with E-state index >= 15 is 0 Å². The monoisotopic (exact) mass is 264 g/mol. The maximum atomic E-state index is 12.8. The molecule has 0 aromatic heterocycles. The van der Waals surface area contributed by atoms with Crippen molar-refractivity contribution in [3.05, 3.63) is 35.6 Å². The van der Waals surface area contributed by atoms with Crippen molar-refractivity contribution in [3.8, 4) is 0 Å². The van der Waals surface area contributed by atoms with E-state index in [0.717, 1.165) is 25.2 Å². The molecule has 0 radical (unpaired) electrons. The summed E-state index contributed by atoms with van der Waals surface area (Å²) in [5, 5.41) is 3.58. The largest absolute Gasteiger partial charge is 0.310 e. The Morgan fingerprint density at radius 3 is 2.26 bits per heavy atom. The highest BCUT2D eigenvalue weighted by Crippen LogP contribution is 2.20. The minimum Gasteiger partial charge on any atom is -0.310 e. The van der Waals surface area contributed by atoms with E-state index in [0.29, 0.717) is 6.04 Å². The Bertz CT molecular complexity index is 386. The molecule has 0 saturated carbocycles. The maximum Gasteiger partial charge on any atom is 0.123 e. The standard InChI is InChI=1S/C16H25FN2/c1-16(2,3)19-10-8-15(9-11-19)18-12-13-4-6-14(17)7-5-13/h4-7,15,18H,8-12H2,1-3H3. The fourth-order valence-electron chi connectivity index (χ4n) is 2.62. The lowest BCUT2D eigenvalue weighted by Crippen LogP contribution is -2.49. The molecule has 1 aliphatic rings. The molecule has 2 nitrogen and oxygen atoms in total. The summed E-state index contributed by atoms with van der Waals surface area (Å²) in [4.78, 5) is 2.54. The third-order valence-electron chi connectivity index (χ3n) is 3.95. The van der Waals surface area contributed by atoms with Gasteiger partial charge in [0.25, 0.3) is 0 Å². The van der Waals surface area contributed by atoms with Gasteiger partial charge in [0.05, 0.1) is 0 Å². The molecule has 106 valence electrons. The molecule has 1 aliphatic heterocycles. The number of nitrogens with zero attached hydrogens (tertiary/aromatic N) is 1. The molecule has 2 rings (SSSR count). The van der Waals surface area contributed by atoms with Gasteiger partial charge in [-0.3, -0.25) is 4.90 Å². The van der Waals surface area contributed by atoms with Crippen molar-refractivity contribution < 1.29 is 4.39 Å².